The minimum Gasteiger partial charge on any atom is -0.396 e. The van der Waals surface area contributed by atoms with Crippen LogP contribution in [0.4, 0.5) is 4.39 Å². The maximum Gasteiger partial charge on any atom is 0.126 e. The lowest BCUT2D eigenvalue weighted by Gasteiger charge is -2.14. The highest BCUT2D eigenvalue weighted by Gasteiger charge is 2.10. The lowest BCUT2D eigenvalue weighted by Crippen LogP contribution is -2.14. The molecule has 1 aromatic rings. The number of nitrogens with two attached hydrogens (primary N) is 1. The minimum atomic E-state index is -0.209. The molecule has 14 heavy (non-hydrogen) atoms. The topological polar surface area (TPSA) is 46.2 Å². The summed E-state index contributed by atoms with van der Waals surface area (Å²) in [5, 5.41) is 8.80. The van der Waals surface area contributed by atoms with Crippen molar-refractivity contribution in [3.05, 3.63) is 35.1 Å². The Balaban J connectivity index is 2.88. The van der Waals surface area contributed by atoms with Crippen molar-refractivity contribution in [2.24, 2.45) is 5.73 Å². The molecule has 0 aliphatic rings. The van der Waals surface area contributed by atoms with Crippen molar-refractivity contribution < 1.29 is 9.50 Å². The van der Waals surface area contributed by atoms with Gasteiger partial charge in [0.15, 0.2) is 0 Å². The number of hydrogen-bond donors (Lipinski definition) is 2. The zero-order valence-electron chi connectivity index (χ0n) is 8.33. The van der Waals surface area contributed by atoms with E-state index in [4.69, 9.17) is 10.8 Å². The van der Waals surface area contributed by atoms with E-state index in [-0.39, 0.29) is 18.3 Å². The van der Waals surface area contributed by atoms with Gasteiger partial charge in [0.05, 0.1) is 0 Å². The summed E-state index contributed by atoms with van der Waals surface area (Å²) < 4.78 is 13.2. The number of rotatable bonds is 4. The van der Waals surface area contributed by atoms with Crippen LogP contribution in [0.1, 0.15) is 23.5 Å². The van der Waals surface area contributed by atoms with Crippen molar-refractivity contribution in [2.45, 2.75) is 19.3 Å². The fourth-order valence-corrected chi connectivity index (χ4v) is 1.44. The smallest absolute Gasteiger partial charge is 0.126 e. The van der Waals surface area contributed by atoms with Gasteiger partial charge in [-0.3, -0.25) is 0 Å². The van der Waals surface area contributed by atoms with Crippen molar-refractivity contribution in [3.8, 4) is 0 Å². The molecular formula is C11H16FNO. The van der Waals surface area contributed by atoms with Gasteiger partial charge in [0, 0.05) is 6.61 Å². The van der Waals surface area contributed by atoms with Gasteiger partial charge < -0.3 is 10.8 Å². The molecule has 1 aromatic carbocycles. The second kappa shape index (κ2) is 5.08. The largest absolute Gasteiger partial charge is 0.396 e. The Morgan fingerprint density at radius 2 is 2.21 bits per heavy atom. The zero-order chi connectivity index (χ0) is 10.6. The normalized spacial score (nSPS) is 12.9. The third kappa shape index (κ3) is 2.53. The first-order valence-electron chi connectivity index (χ1n) is 4.76. The predicted molar refractivity (Wildman–Crippen MR) is 54.6 cm³/mol. The van der Waals surface area contributed by atoms with Crippen molar-refractivity contribution in [2.75, 3.05) is 13.2 Å². The summed E-state index contributed by atoms with van der Waals surface area (Å²) in [6.45, 7) is 2.24. The molecule has 0 bridgehead atoms. The van der Waals surface area contributed by atoms with E-state index in [0.717, 1.165) is 5.56 Å². The number of aliphatic hydroxyl groups excluding tert-OH is 1. The standard InChI is InChI=1S/C11H16FNO/c1-8-2-3-9(6-11(8)12)10(7-13)4-5-14/h2-3,6,10,14H,4-5,7,13H2,1H3. The highest BCUT2D eigenvalue weighted by Crippen LogP contribution is 2.20. The molecule has 3 heteroatoms. The molecule has 0 saturated carbocycles. The van der Waals surface area contributed by atoms with Crippen LogP contribution in [0.15, 0.2) is 18.2 Å². The summed E-state index contributed by atoms with van der Waals surface area (Å²) in [5.41, 5.74) is 7.04. The molecule has 0 fully saturated rings. The van der Waals surface area contributed by atoms with Gasteiger partial charge in [-0.05, 0) is 43.0 Å². The highest BCUT2D eigenvalue weighted by molar-refractivity contribution is 5.26. The van der Waals surface area contributed by atoms with Gasteiger partial charge in [-0.1, -0.05) is 12.1 Å². The van der Waals surface area contributed by atoms with E-state index in [9.17, 15) is 4.39 Å². The van der Waals surface area contributed by atoms with Gasteiger partial charge in [0.2, 0.25) is 0 Å². The van der Waals surface area contributed by atoms with Gasteiger partial charge in [-0.2, -0.15) is 0 Å². The van der Waals surface area contributed by atoms with Crippen LogP contribution in [0.2, 0.25) is 0 Å². The average Bonchev–Trinajstić information content (AvgIpc) is 2.19. The van der Waals surface area contributed by atoms with Crippen LogP contribution in [0.3, 0.4) is 0 Å². The molecule has 0 radical (unpaired) electrons. The number of benzene rings is 1. The van der Waals surface area contributed by atoms with E-state index in [1.165, 1.54) is 6.07 Å². The molecule has 0 heterocycles. The molecule has 0 saturated heterocycles. The molecule has 1 rings (SSSR count). The molecular weight excluding hydrogens is 181 g/mol. The monoisotopic (exact) mass is 197 g/mol. The molecule has 3 N–H and O–H groups in total. The average molecular weight is 197 g/mol. The first-order chi connectivity index (χ1) is 6.69. The Morgan fingerprint density at radius 1 is 1.50 bits per heavy atom. The van der Waals surface area contributed by atoms with E-state index < -0.39 is 0 Å². The van der Waals surface area contributed by atoms with E-state index in [1.807, 2.05) is 6.07 Å². The summed E-state index contributed by atoms with van der Waals surface area (Å²) in [5.74, 6) is -0.158. The Bertz CT molecular complexity index is 301. The van der Waals surface area contributed by atoms with Gasteiger partial charge >= 0.3 is 0 Å². The molecule has 1 atom stereocenters. The van der Waals surface area contributed by atoms with Crippen LogP contribution in [-0.2, 0) is 0 Å². The van der Waals surface area contributed by atoms with Crippen LogP contribution in [0.5, 0.6) is 0 Å². The Kier molecular flexibility index (Phi) is 4.04. The minimum absolute atomic E-state index is 0.0510. The van der Waals surface area contributed by atoms with Crippen LogP contribution in [0.25, 0.3) is 0 Å². The van der Waals surface area contributed by atoms with E-state index >= 15 is 0 Å². The fraction of sp³-hybridized carbons (Fsp3) is 0.455. The van der Waals surface area contributed by atoms with Gasteiger partial charge in [-0.15, -0.1) is 0 Å². The van der Waals surface area contributed by atoms with Crippen molar-refractivity contribution in [1.29, 1.82) is 0 Å². The molecule has 78 valence electrons. The Morgan fingerprint density at radius 3 is 2.71 bits per heavy atom. The summed E-state index contributed by atoms with van der Waals surface area (Å²) in [7, 11) is 0. The first kappa shape index (κ1) is 11.1. The SMILES string of the molecule is Cc1ccc(C(CN)CCO)cc1F. The maximum absolute atomic E-state index is 13.2. The number of aliphatic hydroxyl groups is 1. The van der Waals surface area contributed by atoms with Gasteiger partial charge in [0.1, 0.15) is 5.82 Å². The maximum atomic E-state index is 13.2. The third-order valence-corrected chi connectivity index (χ3v) is 2.43. The molecule has 0 aliphatic carbocycles. The van der Waals surface area contributed by atoms with Crippen LogP contribution >= 0.6 is 0 Å². The van der Waals surface area contributed by atoms with E-state index in [0.29, 0.717) is 18.5 Å². The zero-order valence-corrected chi connectivity index (χ0v) is 8.33. The number of aryl methyl sites for hydroxylation is 1. The predicted octanol–water partition coefficient (Wildman–Crippen LogP) is 1.56. The molecule has 0 aromatic heterocycles. The van der Waals surface area contributed by atoms with Gasteiger partial charge in [0.25, 0.3) is 0 Å². The molecule has 0 aliphatic heterocycles. The van der Waals surface area contributed by atoms with Crippen LogP contribution in [0, 0.1) is 12.7 Å². The van der Waals surface area contributed by atoms with Gasteiger partial charge in [-0.25, -0.2) is 4.39 Å². The van der Waals surface area contributed by atoms with Crippen molar-refractivity contribution in [3.63, 3.8) is 0 Å². The first-order valence-corrected chi connectivity index (χ1v) is 4.76. The summed E-state index contributed by atoms with van der Waals surface area (Å²) in [6.07, 6.45) is 0.582. The van der Waals surface area contributed by atoms with Crippen LogP contribution in [-0.4, -0.2) is 18.3 Å². The molecule has 0 spiro atoms. The van der Waals surface area contributed by atoms with Crippen molar-refractivity contribution in [1.82, 2.24) is 0 Å². The second-order valence-electron chi connectivity index (χ2n) is 3.45. The van der Waals surface area contributed by atoms with Crippen molar-refractivity contribution >= 4 is 0 Å². The summed E-state index contributed by atoms with van der Waals surface area (Å²) >= 11 is 0. The molecule has 2 nitrogen and oxygen atoms in total. The fourth-order valence-electron chi connectivity index (χ4n) is 1.44. The third-order valence-electron chi connectivity index (χ3n) is 2.43. The quantitative estimate of drug-likeness (QED) is 0.769. The Labute approximate surface area is 83.6 Å². The number of halogens is 1. The van der Waals surface area contributed by atoms with Crippen LogP contribution < -0.4 is 5.73 Å². The lowest BCUT2D eigenvalue weighted by atomic mass is 9.95. The van der Waals surface area contributed by atoms with E-state index in [1.54, 1.807) is 13.0 Å². The van der Waals surface area contributed by atoms with E-state index in [2.05, 4.69) is 0 Å². The lowest BCUT2D eigenvalue weighted by molar-refractivity contribution is 0.276. The molecule has 0 amide bonds. The number of hydrogen-bond acceptors (Lipinski definition) is 2. The highest BCUT2D eigenvalue weighted by atomic mass is 19.1. The molecule has 1 unspecified atom stereocenters. The second-order valence-corrected chi connectivity index (χ2v) is 3.45. The summed E-state index contributed by atoms with van der Waals surface area (Å²) in [4.78, 5) is 0. The summed E-state index contributed by atoms with van der Waals surface area (Å²) in [6, 6.07) is 5.11. The Hall–Kier alpha value is -0.930.